The van der Waals surface area contributed by atoms with Gasteiger partial charge in [0.25, 0.3) is 0 Å². The molecule has 1 saturated carbocycles. The summed E-state index contributed by atoms with van der Waals surface area (Å²) in [6.07, 6.45) is 2.25. The monoisotopic (exact) mass is 354 g/mol. The molecule has 0 aromatic heterocycles. The predicted molar refractivity (Wildman–Crippen MR) is 92.7 cm³/mol. The van der Waals surface area contributed by atoms with E-state index in [4.69, 9.17) is 20.6 Å². The molecule has 1 aliphatic rings. The predicted octanol–water partition coefficient (Wildman–Crippen LogP) is 2.68. The first kappa shape index (κ1) is 20.9. The number of nitrogens with two attached hydrogens (primary N) is 1. The molecule has 3 N–H and O–H groups in total. The Bertz CT molecular complexity index is 590. The maximum absolute atomic E-state index is 13.0. The van der Waals surface area contributed by atoms with Gasteiger partial charge in [0.1, 0.15) is 12.8 Å². The van der Waals surface area contributed by atoms with E-state index >= 15 is 0 Å². The van der Waals surface area contributed by atoms with E-state index in [1.165, 1.54) is 6.92 Å². The topological polar surface area (TPSA) is 102 Å². The zero-order chi connectivity index (χ0) is 19.2. The van der Waals surface area contributed by atoms with Crippen LogP contribution >= 0.6 is 0 Å². The summed E-state index contributed by atoms with van der Waals surface area (Å²) in [6, 6.07) is 0. The zero-order valence-corrected chi connectivity index (χ0v) is 15.2. The highest BCUT2D eigenvalue weighted by Gasteiger charge is 2.45. The molecule has 7 heteroatoms. The van der Waals surface area contributed by atoms with Crippen LogP contribution in [-0.2, 0) is 19.1 Å². The highest BCUT2D eigenvalue weighted by Crippen LogP contribution is 2.46. The second-order valence-corrected chi connectivity index (χ2v) is 6.84. The second-order valence-electron chi connectivity index (χ2n) is 6.84. The van der Waals surface area contributed by atoms with Crippen LogP contribution in [0.1, 0.15) is 40.5 Å². The van der Waals surface area contributed by atoms with Gasteiger partial charge in [0.05, 0.1) is 18.2 Å². The van der Waals surface area contributed by atoms with Crippen LogP contribution in [0.2, 0.25) is 0 Å². The van der Waals surface area contributed by atoms with Crippen LogP contribution in [-0.4, -0.2) is 37.4 Å². The molecular weight excluding hydrogens is 327 g/mol. The second kappa shape index (κ2) is 8.78. The number of nitrogens with one attached hydrogen (secondary N) is 1. The minimum atomic E-state index is -1.37. The fourth-order valence-electron chi connectivity index (χ4n) is 2.00. The third-order valence-electron chi connectivity index (χ3n) is 3.92. The lowest BCUT2D eigenvalue weighted by molar-refractivity contribution is -0.150. The lowest BCUT2D eigenvalue weighted by atomic mass is 10.1. The average molecular weight is 354 g/mol. The van der Waals surface area contributed by atoms with E-state index in [-0.39, 0.29) is 42.0 Å². The maximum Gasteiger partial charge on any atom is 0.308 e. The third-order valence-corrected chi connectivity index (χ3v) is 3.92. The Morgan fingerprint density at radius 3 is 2.24 bits per heavy atom. The number of halogens is 1. The molecule has 0 aromatic rings. The van der Waals surface area contributed by atoms with Gasteiger partial charge >= 0.3 is 5.97 Å². The Labute approximate surface area is 147 Å². The Morgan fingerprint density at radius 1 is 1.24 bits per heavy atom. The number of carbonyl (C=O) groups excluding carboxylic acids is 2. The highest BCUT2D eigenvalue weighted by molar-refractivity contribution is 6.09. The fourth-order valence-corrected chi connectivity index (χ4v) is 2.00. The number of rotatable bonds is 10. The van der Waals surface area contributed by atoms with Gasteiger partial charge in [-0.15, -0.1) is 0 Å². The highest BCUT2D eigenvalue weighted by atomic mass is 19.1. The van der Waals surface area contributed by atoms with E-state index in [2.05, 4.69) is 0 Å². The van der Waals surface area contributed by atoms with Crippen molar-refractivity contribution in [3.8, 4) is 0 Å². The molecule has 0 spiro atoms. The maximum atomic E-state index is 13.0. The van der Waals surface area contributed by atoms with Gasteiger partial charge in [-0.1, -0.05) is 13.8 Å². The Balaban J connectivity index is 2.77. The van der Waals surface area contributed by atoms with E-state index in [0.29, 0.717) is 5.57 Å². The molecule has 1 atom stereocenters. The summed E-state index contributed by atoms with van der Waals surface area (Å²) in [5, 5.41) is 7.33. The molecule has 0 amide bonds. The summed E-state index contributed by atoms with van der Waals surface area (Å²) in [5.74, 6) is -1.22. The number of alkyl halides is 1. The summed E-state index contributed by atoms with van der Waals surface area (Å²) in [6.45, 7) is 6.71. The van der Waals surface area contributed by atoms with Crippen molar-refractivity contribution in [2.24, 2.45) is 17.1 Å². The number of allylic oxidation sites excluding steroid dienone is 2. The van der Waals surface area contributed by atoms with Crippen molar-refractivity contribution in [2.45, 2.75) is 46.7 Å². The number of hydrogen-bond donors (Lipinski definition) is 2. The van der Waals surface area contributed by atoms with E-state index in [0.717, 1.165) is 25.1 Å². The van der Waals surface area contributed by atoms with Gasteiger partial charge in [0.2, 0.25) is 5.78 Å². The number of ketones is 1. The van der Waals surface area contributed by atoms with Crippen molar-refractivity contribution in [3.05, 3.63) is 23.1 Å². The van der Waals surface area contributed by atoms with Crippen molar-refractivity contribution in [3.63, 3.8) is 0 Å². The van der Waals surface area contributed by atoms with E-state index in [1.54, 1.807) is 20.8 Å². The van der Waals surface area contributed by atoms with Crippen LogP contribution in [0.3, 0.4) is 0 Å². The number of carbonyl (C=O) groups is 2. The van der Waals surface area contributed by atoms with Gasteiger partial charge in [0, 0.05) is 17.2 Å². The van der Waals surface area contributed by atoms with Gasteiger partial charge in [0.15, 0.2) is 5.76 Å². The lowest BCUT2D eigenvalue weighted by Gasteiger charge is -2.19. The summed E-state index contributed by atoms with van der Waals surface area (Å²) >= 11 is 0. The standard InChI is InChI=1S/C18H27FN2O4/c1-11(2)17(23)25-10-18(5-6-18)9-24-16(12(3)8-20)15(22)14(21)7-13(4)19/h7-8,11,13,20H,5-6,9-10,21H2,1-4H3/b14-7+,16-12+,20-8?. The summed E-state index contributed by atoms with van der Waals surface area (Å²) in [7, 11) is 0. The normalized spacial score (nSPS) is 18.2. The molecule has 0 aliphatic heterocycles. The number of ether oxygens (including phenoxy) is 2. The Kier molecular flexibility index (Phi) is 7.33. The molecule has 0 radical (unpaired) electrons. The van der Waals surface area contributed by atoms with Gasteiger partial charge in [-0.2, -0.15) is 0 Å². The van der Waals surface area contributed by atoms with Crippen LogP contribution in [0, 0.1) is 16.7 Å². The summed E-state index contributed by atoms with van der Waals surface area (Å²) < 4.78 is 23.9. The minimum absolute atomic E-state index is 0.0779. The van der Waals surface area contributed by atoms with Crippen molar-refractivity contribution < 1.29 is 23.5 Å². The van der Waals surface area contributed by atoms with E-state index in [9.17, 15) is 14.0 Å². The van der Waals surface area contributed by atoms with E-state index in [1.807, 2.05) is 0 Å². The molecule has 0 heterocycles. The molecule has 0 bridgehead atoms. The number of hydrogen-bond acceptors (Lipinski definition) is 6. The fraction of sp³-hybridized carbons (Fsp3) is 0.611. The van der Waals surface area contributed by atoms with Crippen LogP contribution in [0.5, 0.6) is 0 Å². The third kappa shape index (κ3) is 6.32. The molecule has 0 saturated heterocycles. The van der Waals surface area contributed by atoms with Crippen molar-refractivity contribution in [1.29, 1.82) is 5.41 Å². The van der Waals surface area contributed by atoms with Gasteiger partial charge in [-0.3, -0.25) is 9.59 Å². The van der Waals surface area contributed by atoms with Crippen LogP contribution in [0.4, 0.5) is 4.39 Å². The first-order valence-electron chi connectivity index (χ1n) is 8.29. The average Bonchev–Trinajstić information content (AvgIpc) is 3.31. The SMILES string of the molecule is C/C(C=N)=C(\OCC1(COC(=O)C(C)C)CC1)C(=O)/C(N)=C\C(C)F. The van der Waals surface area contributed by atoms with Crippen molar-refractivity contribution in [2.75, 3.05) is 13.2 Å². The molecule has 1 aliphatic carbocycles. The van der Waals surface area contributed by atoms with Crippen LogP contribution < -0.4 is 5.73 Å². The minimum Gasteiger partial charge on any atom is -0.488 e. The molecule has 1 unspecified atom stereocenters. The molecule has 6 nitrogen and oxygen atoms in total. The van der Waals surface area contributed by atoms with Crippen LogP contribution in [0.25, 0.3) is 0 Å². The van der Waals surface area contributed by atoms with Crippen LogP contribution in [0.15, 0.2) is 23.1 Å². The summed E-state index contributed by atoms with van der Waals surface area (Å²) in [4.78, 5) is 23.9. The van der Waals surface area contributed by atoms with Gasteiger partial charge in [-0.05, 0) is 32.8 Å². The van der Waals surface area contributed by atoms with E-state index < -0.39 is 12.0 Å². The molecular formula is C18H27FN2O4. The molecule has 140 valence electrons. The quantitative estimate of drug-likeness (QED) is 0.272. The van der Waals surface area contributed by atoms with Gasteiger partial charge < -0.3 is 20.6 Å². The largest absolute Gasteiger partial charge is 0.488 e. The first-order valence-corrected chi connectivity index (χ1v) is 8.29. The number of Topliss-reactive ketones (excluding diaryl/α,β-unsaturated/α-hetero) is 1. The van der Waals surface area contributed by atoms with Gasteiger partial charge in [-0.25, -0.2) is 4.39 Å². The zero-order valence-electron chi connectivity index (χ0n) is 15.2. The molecule has 1 fully saturated rings. The summed E-state index contributed by atoms with van der Waals surface area (Å²) in [5.41, 5.74) is 5.33. The Morgan fingerprint density at radius 2 is 1.80 bits per heavy atom. The smallest absolute Gasteiger partial charge is 0.308 e. The Hall–Kier alpha value is -2.18. The van der Waals surface area contributed by atoms with Crippen molar-refractivity contribution >= 4 is 18.0 Å². The number of esters is 1. The first-order chi connectivity index (χ1) is 11.6. The van der Waals surface area contributed by atoms with Crippen molar-refractivity contribution in [1.82, 2.24) is 0 Å². The molecule has 1 rings (SSSR count). The lowest BCUT2D eigenvalue weighted by Crippen LogP contribution is -2.25. The molecule has 0 aromatic carbocycles. The molecule has 25 heavy (non-hydrogen) atoms.